The molecule has 3 N–H and O–H groups in total. The minimum atomic E-state index is -0.853. The zero-order valence-corrected chi connectivity index (χ0v) is 42.8. The number of allylic oxidation sites excluding steroid dienone is 5. The van der Waals surface area contributed by atoms with Crippen molar-refractivity contribution in [1.82, 2.24) is 5.32 Å². The van der Waals surface area contributed by atoms with E-state index in [1.54, 1.807) is 6.08 Å². The third-order valence-corrected chi connectivity index (χ3v) is 12.9. The highest BCUT2D eigenvalue weighted by molar-refractivity contribution is 5.76. The largest absolute Gasteiger partial charge is 0.466 e. The van der Waals surface area contributed by atoms with Crippen LogP contribution >= 0.6 is 0 Å². The van der Waals surface area contributed by atoms with Gasteiger partial charge in [-0.2, -0.15) is 0 Å². The second-order valence-corrected chi connectivity index (χ2v) is 19.3. The van der Waals surface area contributed by atoms with E-state index in [4.69, 9.17) is 4.74 Å². The Labute approximate surface area is 398 Å². The summed E-state index contributed by atoms with van der Waals surface area (Å²) in [6.07, 6.45) is 65.8. The molecular weight excluding hydrogens is 791 g/mol. The van der Waals surface area contributed by atoms with Gasteiger partial charge in [-0.25, -0.2) is 0 Å². The monoisotopic (exact) mass is 900 g/mol. The predicted octanol–water partition coefficient (Wildman–Crippen LogP) is 17.2. The first-order valence-corrected chi connectivity index (χ1v) is 28.3. The first-order valence-electron chi connectivity index (χ1n) is 28.3. The van der Waals surface area contributed by atoms with Crippen molar-refractivity contribution in [3.05, 3.63) is 36.5 Å². The van der Waals surface area contributed by atoms with Gasteiger partial charge in [-0.05, 0) is 57.8 Å². The van der Waals surface area contributed by atoms with Crippen LogP contribution in [0.25, 0.3) is 0 Å². The molecule has 0 bridgehead atoms. The van der Waals surface area contributed by atoms with E-state index in [-0.39, 0.29) is 18.5 Å². The zero-order chi connectivity index (χ0) is 46.5. The van der Waals surface area contributed by atoms with Gasteiger partial charge in [-0.15, -0.1) is 0 Å². The Balaban J connectivity index is 3.49. The van der Waals surface area contributed by atoms with Gasteiger partial charge in [0.1, 0.15) is 0 Å². The minimum Gasteiger partial charge on any atom is -0.466 e. The Morgan fingerprint density at radius 3 is 1.23 bits per heavy atom. The molecule has 376 valence electrons. The van der Waals surface area contributed by atoms with Gasteiger partial charge in [-0.1, -0.05) is 262 Å². The summed E-state index contributed by atoms with van der Waals surface area (Å²) in [4.78, 5) is 24.5. The Morgan fingerprint density at radius 1 is 0.438 bits per heavy atom. The highest BCUT2D eigenvalue weighted by Gasteiger charge is 2.18. The van der Waals surface area contributed by atoms with E-state index in [9.17, 15) is 19.8 Å². The Hall–Kier alpha value is -1.92. The van der Waals surface area contributed by atoms with E-state index in [2.05, 4.69) is 43.5 Å². The van der Waals surface area contributed by atoms with Gasteiger partial charge >= 0.3 is 5.97 Å². The molecular formula is C58H109NO5. The summed E-state index contributed by atoms with van der Waals surface area (Å²) in [7, 11) is 0. The molecule has 0 aliphatic carbocycles. The van der Waals surface area contributed by atoms with Gasteiger partial charge in [-0.3, -0.25) is 9.59 Å². The van der Waals surface area contributed by atoms with E-state index in [1.165, 1.54) is 205 Å². The van der Waals surface area contributed by atoms with E-state index in [1.807, 2.05) is 6.08 Å². The third kappa shape index (κ3) is 49.5. The van der Waals surface area contributed by atoms with E-state index < -0.39 is 12.1 Å². The topological polar surface area (TPSA) is 95.9 Å². The maximum Gasteiger partial charge on any atom is 0.305 e. The van der Waals surface area contributed by atoms with Crippen molar-refractivity contribution < 1.29 is 24.5 Å². The molecule has 0 heterocycles. The molecule has 0 spiro atoms. The molecule has 0 aliphatic rings. The van der Waals surface area contributed by atoms with Crippen LogP contribution in [0.2, 0.25) is 0 Å². The molecule has 0 fully saturated rings. The fourth-order valence-corrected chi connectivity index (χ4v) is 8.53. The molecule has 0 saturated heterocycles. The standard InChI is InChI=1S/C58H109NO5/c1-3-5-7-9-11-13-15-17-19-20-21-22-23-26-30-34-38-42-46-50-56(61)55(54-60)59-57(62)51-47-43-39-35-31-27-24-25-29-33-37-41-45-49-53-64-58(63)52-48-44-40-36-32-28-18-16-14-12-10-8-6-4-2/h10,12,16,18,46,50,55-56,60-61H,3-9,11,13-15,17,19-45,47-49,51-54H2,1-2H3,(H,59,62)/b12-10-,18-16-,50-46+. The van der Waals surface area contributed by atoms with Crippen molar-refractivity contribution in [3.8, 4) is 0 Å². The summed E-state index contributed by atoms with van der Waals surface area (Å²) in [5.74, 6) is -0.0958. The quantitative estimate of drug-likeness (QED) is 0.0321. The summed E-state index contributed by atoms with van der Waals surface area (Å²) in [5, 5.41) is 23.1. The van der Waals surface area contributed by atoms with Crippen LogP contribution < -0.4 is 5.32 Å². The third-order valence-electron chi connectivity index (χ3n) is 12.9. The number of esters is 1. The van der Waals surface area contributed by atoms with Gasteiger partial charge in [0, 0.05) is 12.8 Å². The number of nitrogens with one attached hydrogen (secondary N) is 1. The van der Waals surface area contributed by atoms with Crippen LogP contribution in [0.15, 0.2) is 36.5 Å². The lowest BCUT2D eigenvalue weighted by atomic mass is 10.0. The minimum absolute atomic E-state index is 0.0181. The fraction of sp³-hybridized carbons (Fsp3) is 0.862. The molecule has 2 unspecified atom stereocenters. The summed E-state index contributed by atoms with van der Waals surface area (Å²) in [5.41, 5.74) is 0. The first kappa shape index (κ1) is 62.1. The lowest BCUT2D eigenvalue weighted by molar-refractivity contribution is -0.143. The number of aliphatic hydroxyl groups excluding tert-OH is 2. The van der Waals surface area contributed by atoms with Crippen LogP contribution in [0.3, 0.4) is 0 Å². The van der Waals surface area contributed by atoms with Crippen LogP contribution in [-0.4, -0.2) is 47.4 Å². The Bertz CT molecular complexity index is 1040. The average Bonchev–Trinajstić information content (AvgIpc) is 3.29. The number of rotatable bonds is 52. The molecule has 0 rings (SSSR count). The molecule has 6 nitrogen and oxygen atoms in total. The second-order valence-electron chi connectivity index (χ2n) is 19.3. The molecule has 0 aromatic carbocycles. The fourth-order valence-electron chi connectivity index (χ4n) is 8.53. The van der Waals surface area contributed by atoms with Crippen molar-refractivity contribution in [2.24, 2.45) is 0 Å². The van der Waals surface area contributed by atoms with Gasteiger partial charge in [0.15, 0.2) is 0 Å². The Morgan fingerprint density at radius 2 is 0.797 bits per heavy atom. The number of unbranched alkanes of at least 4 members (excludes halogenated alkanes) is 37. The summed E-state index contributed by atoms with van der Waals surface area (Å²) >= 11 is 0. The van der Waals surface area contributed by atoms with Crippen molar-refractivity contribution in [2.75, 3.05) is 13.2 Å². The van der Waals surface area contributed by atoms with Gasteiger partial charge in [0.25, 0.3) is 0 Å². The number of aliphatic hydroxyl groups is 2. The number of carbonyl (C=O) groups is 2. The number of ether oxygens (including phenoxy) is 1. The van der Waals surface area contributed by atoms with Gasteiger partial charge < -0.3 is 20.3 Å². The molecule has 1 amide bonds. The smallest absolute Gasteiger partial charge is 0.305 e. The van der Waals surface area contributed by atoms with Gasteiger partial charge in [0.2, 0.25) is 5.91 Å². The predicted molar refractivity (Wildman–Crippen MR) is 278 cm³/mol. The van der Waals surface area contributed by atoms with Crippen LogP contribution in [0.4, 0.5) is 0 Å². The van der Waals surface area contributed by atoms with Crippen molar-refractivity contribution >= 4 is 11.9 Å². The summed E-state index contributed by atoms with van der Waals surface area (Å²) < 4.78 is 5.46. The highest BCUT2D eigenvalue weighted by atomic mass is 16.5. The SMILES string of the molecule is CCCC/C=C\C/C=C\CCCCCCCC(=O)OCCCCCCCCCCCCCCCCC(=O)NC(CO)C(O)/C=C/CCCCCCCCCCCCCCCCCCC. The summed E-state index contributed by atoms with van der Waals surface area (Å²) in [6, 6.07) is -0.637. The maximum absolute atomic E-state index is 12.5. The van der Waals surface area contributed by atoms with Crippen molar-refractivity contribution in [2.45, 2.75) is 309 Å². The van der Waals surface area contributed by atoms with E-state index in [0.29, 0.717) is 19.4 Å². The average molecular weight is 901 g/mol. The highest BCUT2D eigenvalue weighted by Crippen LogP contribution is 2.16. The number of hydrogen-bond acceptors (Lipinski definition) is 5. The molecule has 0 saturated carbocycles. The number of carbonyl (C=O) groups excluding carboxylic acids is 2. The van der Waals surface area contributed by atoms with Crippen LogP contribution in [0, 0.1) is 0 Å². The normalized spacial score (nSPS) is 12.9. The van der Waals surface area contributed by atoms with Crippen LogP contribution in [0.5, 0.6) is 0 Å². The molecule has 0 radical (unpaired) electrons. The van der Waals surface area contributed by atoms with Crippen molar-refractivity contribution in [3.63, 3.8) is 0 Å². The number of amides is 1. The van der Waals surface area contributed by atoms with Gasteiger partial charge in [0.05, 0.1) is 25.4 Å². The molecule has 0 aromatic heterocycles. The second kappa shape index (κ2) is 53.7. The molecule has 0 aliphatic heterocycles. The first-order chi connectivity index (χ1) is 31.5. The van der Waals surface area contributed by atoms with Crippen LogP contribution in [-0.2, 0) is 14.3 Å². The number of hydrogen-bond donors (Lipinski definition) is 3. The summed E-state index contributed by atoms with van der Waals surface area (Å²) in [6.45, 7) is 4.84. The van der Waals surface area contributed by atoms with E-state index in [0.717, 1.165) is 64.2 Å². The molecule has 6 heteroatoms. The lowest BCUT2D eigenvalue weighted by Gasteiger charge is -2.20. The maximum atomic E-state index is 12.5. The van der Waals surface area contributed by atoms with Crippen LogP contribution in [0.1, 0.15) is 296 Å². The van der Waals surface area contributed by atoms with E-state index >= 15 is 0 Å². The zero-order valence-electron chi connectivity index (χ0n) is 42.8. The molecule has 64 heavy (non-hydrogen) atoms. The van der Waals surface area contributed by atoms with Crippen molar-refractivity contribution in [1.29, 1.82) is 0 Å². The molecule has 0 aromatic rings. The lowest BCUT2D eigenvalue weighted by Crippen LogP contribution is -2.45. The molecule has 2 atom stereocenters. The Kier molecular flexibility index (Phi) is 52.1.